The number of thiazole rings is 1. The molecule has 0 spiro atoms. The highest BCUT2D eigenvalue weighted by molar-refractivity contribution is 7.15. The maximum Gasteiger partial charge on any atom is 0.222 e. The molecule has 0 unspecified atom stereocenters. The number of nitrogens with zero attached hydrogens (tertiary/aromatic N) is 4. The first kappa shape index (κ1) is 19.2. The zero-order chi connectivity index (χ0) is 19.7. The highest BCUT2D eigenvalue weighted by atomic mass is 35.5. The van der Waals surface area contributed by atoms with Gasteiger partial charge in [0, 0.05) is 24.7 Å². The summed E-state index contributed by atoms with van der Waals surface area (Å²) in [5.74, 6) is 0.0631. The topological polar surface area (TPSA) is 53.9 Å². The molecule has 0 amide bonds. The summed E-state index contributed by atoms with van der Waals surface area (Å²) in [5, 5.41) is 4.10. The molecule has 0 atom stereocenters. The van der Waals surface area contributed by atoms with Crippen LogP contribution in [-0.4, -0.2) is 47.0 Å². The first-order valence-electron chi connectivity index (χ1n) is 9.21. The first-order chi connectivity index (χ1) is 13.6. The lowest BCUT2D eigenvalue weighted by Gasteiger charge is -2.27. The molecule has 0 aliphatic carbocycles. The van der Waals surface area contributed by atoms with Crippen LogP contribution in [0.15, 0.2) is 30.5 Å². The van der Waals surface area contributed by atoms with Crippen LogP contribution in [0.5, 0.6) is 0 Å². The molecule has 3 aromatic rings. The number of benzene rings is 1. The van der Waals surface area contributed by atoms with Crippen molar-refractivity contribution in [2.45, 2.75) is 18.8 Å². The summed E-state index contributed by atoms with van der Waals surface area (Å²) in [6, 6.07) is 7.09. The van der Waals surface area contributed by atoms with Crippen molar-refractivity contribution < 1.29 is 4.39 Å². The Morgan fingerprint density at radius 3 is 2.71 bits per heavy atom. The largest absolute Gasteiger partial charge is 0.386 e. The van der Waals surface area contributed by atoms with Crippen LogP contribution < -0.4 is 5.32 Å². The number of nitrogens with one attached hydrogen (secondary N) is 1. The van der Waals surface area contributed by atoms with Crippen molar-refractivity contribution in [1.82, 2.24) is 19.9 Å². The van der Waals surface area contributed by atoms with Crippen LogP contribution in [0.3, 0.4) is 0 Å². The van der Waals surface area contributed by atoms with Gasteiger partial charge in [-0.05, 0) is 62.8 Å². The van der Waals surface area contributed by atoms with Gasteiger partial charge in [-0.3, -0.25) is 0 Å². The van der Waals surface area contributed by atoms with Crippen molar-refractivity contribution >= 4 is 28.6 Å². The Hall–Kier alpha value is -2.09. The van der Waals surface area contributed by atoms with Crippen LogP contribution in [-0.2, 0) is 0 Å². The summed E-state index contributed by atoms with van der Waals surface area (Å²) in [5.41, 5.74) is 2.19. The number of likely N-dealkylation sites (tertiary alicyclic amines) is 1. The van der Waals surface area contributed by atoms with Gasteiger partial charge in [-0.25, -0.2) is 19.3 Å². The fourth-order valence-corrected chi connectivity index (χ4v) is 4.86. The maximum atomic E-state index is 15.1. The van der Waals surface area contributed by atoms with Crippen LogP contribution in [0.4, 0.5) is 10.1 Å². The summed E-state index contributed by atoms with van der Waals surface area (Å²) < 4.78 is 15.1. The average molecular weight is 418 g/mol. The van der Waals surface area contributed by atoms with Crippen molar-refractivity contribution in [3.05, 3.63) is 46.6 Å². The van der Waals surface area contributed by atoms with Crippen LogP contribution in [0, 0.1) is 5.82 Å². The Morgan fingerprint density at radius 2 is 2.00 bits per heavy atom. The molecular formula is C20H21ClFN5S. The monoisotopic (exact) mass is 417 g/mol. The summed E-state index contributed by atoms with van der Waals surface area (Å²) in [4.78, 5) is 16.4. The average Bonchev–Trinajstić information content (AvgIpc) is 3.14. The minimum atomic E-state index is -0.313. The number of halogens is 2. The molecule has 0 bridgehead atoms. The Balaban J connectivity index is 1.84. The standard InChI is InChI=1S/C20H21ClFN5S/c1-23-14-5-3-4-13(16(14)22)17-18(15-6-9-24-20(21)25-15)28-19(26-17)12-7-10-27(2)11-8-12/h3-6,9,12,23H,7-8,10-11H2,1-2H3. The molecule has 1 aliphatic rings. The van der Waals surface area contributed by atoms with Crippen LogP contribution in [0.25, 0.3) is 21.8 Å². The Labute approximate surface area is 172 Å². The fourth-order valence-electron chi connectivity index (χ4n) is 3.49. The number of anilines is 1. The van der Waals surface area contributed by atoms with E-state index in [1.54, 1.807) is 42.8 Å². The smallest absolute Gasteiger partial charge is 0.222 e. The zero-order valence-electron chi connectivity index (χ0n) is 15.7. The van der Waals surface area contributed by atoms with E-state index in [1.807, 2.05) is 6.07 Å². The Bertz CT molecular complexity index is 984. The van der Waals surface area contributed by atoms with Gasteiger partial charge in [-0.2, -0.15) is 0 Å². The van der Waals surface area contributed by atoms with E-state index in [4.69, 9.17) is 16.6 Å². The lowest BCUT2D eigenvalue weighted by atomic mass is 9.98. The first-order valence-corrected chi connectivity index (χ1v) is 10.4. The SMILES string of the molecule is CNc1cccc(-c2nc(C3CCN(C)CC3)sc2-c2ccnc(Cl)n2)c1F. The lowest BCUT2D eigenvalue weighted by Crippen LogP contribution is -2.29. The second-order valence-electron chi connectivity index (χ2n) is 6.94. The van der Waals surface area contributed by atoms with Crippen molar-refractivity contribution in [3.63, 3.8) is 0 Å². The number of piperidine rings is 1. The van der Waals surface area contributed by atoms with Gasteiger partial charge >= 0.3 is 0 Å². The van der Waals surface area contributed by atoms with E-state index in [0.29, 0.717) is 28.6 Å². The minimum Gasteiger partial charge on any atom is -0.386 e. The van der Waals surface area contributed by atoms with E-state index < -0.39 is 0 Å². The molecule has 5 nitrogen and oxygen atoms in total. The predicted octanol–water partition coefficient (Wildman–Crippen LogP) is 4.91. The number of hydrogen-bond acceptors (Lipinski definition) is 6. The molecule has 1 fully saturated rings. The van der Waals surface area contributed by atoms with E-state index in [9.17, 15) is 0 Å². The summed E-state index contributed by atoms with van der Waals surface area (Å²) in [6.07, 6.45) is 3.71. The molecular weight excluding hydrogens is 397 g/mol. The normalized spacial score (nSPS) is 15.7. The molecule has 1 aromatic carbocycles. The number of rotatable bonds is 4. The third-order valence-corrected chi connectivity index (χ3v) is 6.52. The second kappa shape index (κ2) is 8.11. The van der Waals surface area contributed by atoms with Gasteiger partial charge in [0.1, 0.15) is 0 Å². The van der Waals surface area contributed by atoms with Crippen LogP contribution in [0.1, 0.15) is 23.8 Å². The quantitative estimate of drug-likeness (QED) is 0.611. The number of hydrogen-bond donors (Lipinski definition) is 1. The third kappa shape index (κ3) is 3.74. The van der Waals surface area contributed by atoms with E-state index >= 15 is 4.39 Å². The highest BCUT2D eigenvalue weighted by Gasteiger charge is 2.26. The van der Waals surface area contributed by atoms with Gasteiger partial charge < -0.3 is 10.2 Å². The maximum absolute atomic E-state index is 15.1. The molecule has 8 heteroatoms. The molecule has 3 heterocycles. The van der Waals surface area contributed by atoms with Crippen molar-refractivity contribution in [3.8, 4) is 21.8 Å². The molecule has 28 heavy (non-hydrogen) atoms. The van der Waals surface area contributed by atoms with E-state index in [2.05, 4.69) is 27.2 Å². The zero-order valence-corrected chi connectivity index (χ0v) is 17.3. The highest BCUT2D eigenvalue weighted by Crippen LogP contribution is 2.42. The van der Waals surface area contributed by atoms with Gasteiger partial charge in [0.2, 0.25) is 5.28 Å². The van der Waals surface area contributed by atoms with Crippen molar-refractivity contribution in [2.75, 3.05) is 32.5 Å². The molecule has 0 saturated carbocycles. The predicted molar refractivity (Wildman–Crippen MR) is 113 cm³/mol. The lowest BCUT2D eigenvalue weighted by molar-refractivity contribution is 0.255. The van der Waals surface area contributed by atoms with Gasteiger partial charge in [0.15, 0.2) is 5.82 Å². The molecule has 1 N–H and O–H groups in total. The third-order valence-electron chi connectivity index (χ3n) is 5.09. The van der Waals surface area contributed by atoms with Crippen molar-refractivity contribution in [2.24, 2.45) is 0 Å². The van der Waals surface area contributed by atoms with Gasteiger partial charge in [-0.1, -0.05) is 6.07 Å². The number of aromatic nitrogens is 3. The summed E-state index contributed by atoms with van der Waals surface area (Å²) >= 11 is 7.60. The Kier molecular flexibility index (Phi) is 5.57. The van der Waals surface area contributed by atoms with E-state index in [0.717, 1.165) is 35.8 Å². The molecule has 4 rings (SSSR count). The van der Waals surface area contributed by atoms with Crippen LogP contribution in [0.2, 0.25) is 5.28 Å². The Morgan fingerprint density at radius 1 is 1.21 bits per heavy atom. The molecule has 1 saturated heterocycles. The molecule has 146 valence electrons. The minimum absolute atomic E-state index is 0.169. The van der Waals surface area contributed by atoms with E-state index in [1.165, 1.54) is 0 Å². The van der Waals surface area contributed by atoms with Crippen LogP contribution >= 0.6 is 22.9 Å². The van der Waals surface area contributed by atoms with Gasteiger partial charge in [-0.15, -0.1) is 11.3 Å². The van der Waals surface area contributed by atoms with Crippen molar-refractivity contribution in [1.29, 1.82) is 0 Å². The molecule has 2 aromatic heterocycles. The van der Waals surface area contributed by atoms with Gasteiger partial charge in [0.25, 0.3) is 0 Å². The summed E-state index contributed by atoms with van der Waals surface area (Å²) in [6.45, 7) is 2.08. The second-order valence-corrected chi connectivity index (χ2v) is 8.30. The molecule has 0 radical (unpaired) electrons. The van der Waals surface area contributed by atoms with E-state index in [-0.39, 0.29) is 11.1 Å². The van der Waals surface area contributed by atoms with Gasteiger partial charge in [0.05, 0.1) is 27.0 Å². The summed E-state index contributed by atoms with van der Waals surface area (Å²) in [7, 11) is 3.84. The fraction of sp³-hybridized carbons (Fsp3) is 0.350. The molecule has 1 aliphatic heterocycles.